The normalized spacial score (nSPS) is 21.9. The summed E-state index contributed by atoms with van der Waals surface area (Å²) in [5.41, 5.74) is 0. The summed E-state index contributed by atoms with van der Waals surface area (Å²) in [7, 11) is 0. The maximum absolute atomic E-state index is 5.49. The summed E-state index contributed by atoms with van der Waals surface area (Å²) < 4.78 is 7.68. The third-order valence-electron chi connectivity index (χ3n) is 2.62. The second-order valence-corrected chi connectivity index (χ2v) is 4.33. The smallest absolute Gasteiger partial charge is 0.203 e. The van der Waals surface area contributed by atoms with Crippen molar-refractivity contribution in [2.45, 2.75) is 38.8 Å². The highest BCUT2D eigenvalue weighted by Gasteiger charge is 2.18. The van der Waals surface area contributed by atoms with Gasteiger partial charge in [0.05, 0.1) is 12.6 Å². The number of imidazole rings is 1. The molecule has 1 unspecified atom stereocenters. The number of ether oxygens (including phenoxy) is 1. The molecule has 0 aliphatic carbocycles. The van der Waals surface area contributed by atoms with E-state index in [0.717, 1.165) is 25.6 Å². The highest BCUT2D eigenvalue weighted by Crippen LogP contribution is 2.22. The minimum absolute atomic E-state index is 0.413. The molecule has 15 heavy (non-hydrogen) atoms. The zero-order valence-corrected chi connectivity index (χ0v) is 9.44. The van der Waals surface area contributed by atoms with Gasteiger partial charge in [-0.3, -0.25) is 0 Å². The molecule has 0 spiro atoms. The van der Waals surface area contributed by atoms with E-state index in [2.05, 4.69) is 28.7 Å². The van der Waals surface area contributed by atoms with Crippen LogP contribution < -0.4 is 5.32 Å². The van der Waals surface area contributed by atoms with Crippen LogP contribution in [0.15, 0.2) is 12.4 Å². The first-order chi connectivity index (χ1) is 7.27. The Labute approximate surface area is 90.6 Å². The van der Waals surface area contributed by atoms with Gasteiger partial charge in [-0.25, -0.2) is 4.98 Å². The summed E-state index contributed by atoms with van der Waals surface area (Å²) in [6.07, 6.45) is 6.20. The highest BCUT2D eigenvalue weighted by molar-refractivity contribution is 5.27. The maximum Gasteiger partial charge on any atom is 0.203 e. The van der Waals surface area contributed by atoms with Crippen LogP contribution in [0.1, 0.15) is 32.7 Å². The van der Waals surface area contributed by atoms with Crippen LogP contribution in [-0.4, -0.2) is 28.8 Å². The molecule has 4 nitrogen and oxygen atoms in total. The fourth-order valence-electron chi connectivity index (χ4n) is 1.92. The summed E-state index contributed by atoms with van der Waals surface area (Å²) in [4.78, 5) is 4.33. The fraction of sp³-hybridized carbons (Fsp3) is 0.727. The number of rotatable bonds is 3. The second kappa shape index (κ2) is 4.66. The third-order valence-corrected chi connectivity index (χ3v) is 2.62. The zero-order valence-electron chi connectivity index (χ0n) is 9.44. The van der Waals surface area contributed by atoms with Crippen LogP contribution in [-0.2, 0) is 4.74 Å². The SMILES string of the molecule is CC(C)Nc1nccn1C1CCCOC1. The van der Waals surface area contributed by atoms with Crippen molar-refractivity contribution in [3.05, 3.63) is 12.4 Å². The van der Waals surface area contributed by atoms with Crippen molar-refractivity contribution in [2.75, 3.05) is 18.5 Å². The number of aromatic nitrogens is 2. The molecule has 0 radical (unpaired) electrons. The molecule has 0 saturated carbocycles. The number of hydrogen-bond acceptors (Lipinski definition) is 3. The van der Waals surface area contributed by atoms with Gasteiger partial charge in [-0.15, -0.1) is 0 Å². The van der Waals surface area contributed by atoms with E-state index in [9.17, 15) is 0 Å². The fourth-order valence-corrected chi connectivity index (χ4v) is 1.92. The van der Waals surface area contributed by atoms with E-state index in [0.29, 0.717) is 12.1 Å². The van der Waals surface area contributed by atoms with Crippen molar-refractivity contribution >= 4 is 5.95 Å². The van der Waals surface area contributed by atoms with Crippen molar-refractivity contribution < 1.29 is 4.74 Å². The van der Waals surface area contributed by atoms with E-state index in [-0.39, 0.29) is 0 Å². The number of hydrogen-bond donors (Lipinski definition) is 1. The number of nitrogens with one attached hydrogen (secondary N) is 1. The lowest BCUT2D eigenvalue weighted by Crippen LogP contribution is -2.23. The van der Waals surface area contributed by atoms with Crippen molar-refractivity contribution in [1.29, 1.82) is 0 Å². The Morgan fingerprint density at radius 1 is 1.60 bits per heavy atom. The molecule has 1 saturated heterocycles. The van der Waals surface area contributed by atoms with E-state index in [1.807, 2.05) is 12.4 Å². The van der Waals surface area contributed by atoms with Crippen LogP contribution in [0.2, 0.25) is 0 Å². The van der Waals surface area contributed by atoms with Gasteiger partial charge in [0.1, 0.15) is 0 Å². The molecule has 1 aliphatic heterocycles. The highest BCUT2D eigenvalue weighted by atomic mass is 16.5. The average molecular weight is 209 g/mol. The molecule has 1 aliphatic rings. The lowest BCUT2D eigenvalue weighted by molar-refractivity contribution is 0.0598. The molecule has 2 heterocycles. The van der Waals surface area contributed by atoms with Gasteiger partial charge in [0, 0.05) is 25.0 Å². The molecule has 0 aromatic carbocycles. The molecular formula is C11H19N3O. The summed E-state index contributed by atoms with van der Waals surface area (Å²) in [6, 6.07) is 0.859. The Morgan fingerprint density at radius 3 is 3.13 bits per heavy atom. The Balaban J connectivity index is 2.09. The van der Waals surface area contributed by atoms with Gasteiger partial charge in [-0.05, 0) is 26.7 Å². The minimum Gasteiger partial charge on any atom is -0.379 e. The lowest BCUT2D eigenvalue weighted by atomic mass is 10.1. The molecule has 1 atom stereocenters. The summed E-state index contributed by atoms with van der Waals surface area (Å²) in [6.45, 7) is 5.95. The van der Waals surface area contributed by atoms with Crippen LogP contribution in [0.3, 0.4) is 0 Å². The molecule has 84 valence electrons. The quantitative estimate of drug-likeness (QED) is 0.828. The average Bonchev–Trinajstić information content (AvgIpc) is 2.66. The molecule has 4 heteroatoms. The monoisotopic (exact) mass is 209 g/mol. The maximum atomic E-state index is 5.49. The number of anilines is 1. The van der Waals surface area contributed by atoms with E-state index in [1.165, 1.54) is 6.42 Å². The van der Waals surface area contributed by atoms with Crippen LogP contribution >= 0.6 is 0 Å². The topological polar surface area (TPSA) is 39.1 Å². The van der Waals surface area contributed by atoms with Gasteiger partial charge in [0.15, 0.2) is 0 Å². The molecule has 2 rings (SSSR count). The van der Waals surface area contributed by atoms with Gasteiger partial charge in [-0.1, -0.05) is 0 Å². The predicted molar refractivity (Wildman–Crippen MR) is 60.1 cm³/mol. The molecular weight excluding hydrogens is 190 g/mol. The van der Waals surface area contributed by atoms with Gasteiger partial charge in [0.25, 0.3) is 0 Å². The van der Waals surface area contributed by atoms with Crippen LogP contribution in [0, 0.1) is 0 Å². The third kappa shape index (κ3) is 2.50. The molecule has 1 aromatic rings. The van der Waals surface area contributed by atoms with Crippen LogP contribution in [0.25, 0.3) is 0 Å². The molecule has 0 bridgehead atoms. The van der Waals surface area contributed by atoms with Gasteiger partial charge < -0.3 is 14.6 Å². The summed E-state index contributed by atoms with van der Waals surface area (Å²) >= 11 is 0. The molecule has 1 fully saturated rings. The lowest BCUT2D eigenvalue weighted by Gasteiger charge is -2.25. The van der Waals surface area contributed by atoms with E-state index < -0.39 is 0 Å². The van der Waals surface area contributed by atoms with Gasteiger partial charge >= 0.3 is 0 Å². The summed E-state index contributed by atoms with van der Waals surface area (Å²) in [5, 5.41) is 3.35. The van der Waals surface area contributed by atoms with E-state index in [1.54, 1.807) is 0 Å². The van der Waals surface area contributed by atoms with E-state index >= 15 is 0 Å². The Hall–Kier alpha value is -1.03. The first-order valence-corrected chi connectivity index (χ1v) is 5.64. The zero-order chi connectivity index (χ0) is 10.7. The molecule has 1 N–H and O–H groups in total. The van der Waals surface area contributed by atoms with E-state index in [4.69, 9.17) is 4.74 Å². The second-order valence-electron chi connectivity index (χ2n) is 4.33. The van der Waals surface area contributed by atoms with Gasteiger partial charge in [-0.2, -0.15) is 0 Å². The molecule has 1 aromatic heterocycles. The predicted octanol–water partition coefficient (Wildman–Crippen LogP) is 2.05. The van der Waals surface area contributed by atoms with Crippen LogP contribution in [0.4, 0.5) is 5.95 Å². The van der Waals surface area contributed by atoms with Crippen molar-refractivity contribution in [3.63, 3.8) is 0 Å². The molecule has 0 amide bonds. The van der Waals surface area contributed by atoms with Crippen molar-refractivity contribution in [1.82, 2.24) is 9.55 Å². The minimum atomic E-state index is 0.413. The Bertz CT molecular complexity index is 303. The first-order valence-electron chi connectivity index (χ1n) is 5.64. The van der Waals surface area contributed by atoms with Gasteiger partial charge in [0.2, 0.25) is 5.95 Å². The first kappa shape index (κ1) is 10.5. The Kier molecular flexibility index (Phi) is 3.26. The number of nitrogens with zero attached hydrogens (tertiary/aromatic N) is 2. The van der Waals surface area contributed by atoms with Crippen molar-refractivity contribution in [2.24, 2.45) is 0 Å². The standard InChI is InChI=1S/C11H19N3O/c1-9(2)13-11-12-5-6-14(11)10-4-3-7-15-8-10/h5-6,9-10H,3-4,7-8H2,1-2H3,(H,12,13). The largest absolute Gasteiger partial charge is 0.379 e. The summed E-state index contributed by atoms with van der Waals surface area (Å²) in [5.74, 6) is 0.959. The van der Waals surface area contributed by atoms with Crippen molar-refractivity contribution in [3.8, 4) is 0 Å². The Morgan fingerprint density at radius 2 is 2.47 bits per heavy atom. The van der Waals surface area contributed by atoms with Crippen LogP contribution in [0.5, 0.6) is 0 Å².